The van der Waals surface area contributed by atoms with Gasteiger partial charge in [-0.25, -0.2) is 9.50 Å². The van der Waals surface area contributed by atoms with Crippen molar-refractivity contribution < 1.29 is 0 Å². The molecule has 2 unspecified atom stereocenters. The second kappa shape index (κ2) is 3.43. The van der Waals surface area contributed by atoms with Crippen molar-refractivity contribution in [3.63, 3.8) is 0 Å². The Morgan fingerprint density at radius 3 is 3.00 bits per heavy atom. The van der Waals surface area contributed by atoms with Gasteiger partial charge in [-0.05, 0) is 12.5 Å². The van der Waals surface area contributed by atoms with Crippen LogP contribution in [0, 0.1) is 5.41 Å². The Balaban J connectivity index is 1.89. The van der Waals surface area contributed by atoms with Gasteiger partial charge in [0.2, 0.25) is 0 Å². The van der Waals surface area contributed by atoms with Gasteiger partial charge in [-0.1, -0.05) is 13.8 Å². The minimum Gasteiger partial charge on any atom is -0.365 e. The van der Waals surface area contributed by atoms with Crippen LogP contribution < -0.4 is 11.1 Å². The fourth-order valence-corrected chi connectivity index (χ4v) is 2.34. The van der Waals surface area contributed by atoms with Crippen molar-refractivity contribution in [1.82, 2.24) is 14.6 Å². The Kier molecular flexibility index (Phi) is 2.13. The first kappa shape index (κ1) is 10.5. The van der Waals surface area contributed by atoms with Crippen LogP contribution in [0.15, 0.2) is 24.7 Å². The minimum atomic E-state index is 0.120. The molecule has 0 aromatic carbocycles. The summed E-state index contributed by atoms with van der Waals surface area (Å²) >= 11 is 0. The highest BCUT2D eigenvalue weighted by molar-refractivity contribution is 5.67. The van der Waals surface area contributed by atoms with Crippen molar-refractivity contribution in [2.24, 2.45) is 11.1 Å². The van der Waals surface area contributed by atoms with E-state index >= 15 is 0 Å². The molecule has 2 aromatic rings. The molecule has 1 saturated carbocycles. The highest BCUT2D eigenvalue weighted by Crippen LogP contribution is 2.41. The molecule has 1 fully saturated rings. The molecule has 3 N–H and O–H groups in total. The topological polar surface area (TPSA) is 68.2 Å². The molecular formula is C12H17N5. The molecule has 2 aromatic heterocycles. The molecule has 0 radical (unpaired) electrons. The second-order valence-electron chi connectivity index (χ2n) is 5.30. The maximum Gasteiger partial charge on any atom is 0.152 e. The third kappa shape index (κ3) is 1.50. The number of hydrogen-bond acceptors (Lipinski definition) is 4. The lowest BCUT2D eigenvalue weighted by atomic mass is 9.63. The van der Waals surface area contributed by atoms with Crippen LogP contribution >= 0.6 is 0 Å². The smallest absolute Gasteiger partial charge is 0.152 e. The molecule has 0 bridgehead atoms. The van der Waals surface area contributed by atoms with Crippen LogP contribution in [0.3, 0.4) is 0 Å². The summed E-state index contributed by atoms with van der Waals surface area (Å²) in [6, 6.07) is 2.61. The van der Waals surface area contributed by atoms with Gasteiger partial charge in [0.25, 0.3) is 0 Å². The van der Waals surface area contributed by atoms with Crippen molar-refractivity contribution >= 4 is 11.3 Å². The Bertz CT molecular complexity index is 545. The van der Waals surface area contributed by atoms with E-state index in [1.165, 1.54) is 0 Å². The van der Waals surface area contributed by atoms with Crippen LogP contribution in [0.5, 0.6) is 0 Å². The summed E-state index contributed by atoms with van der Waals surface area (Å²) in [5.41, 5.74) is 7.14. The molecule has 2 atom stereocenters. The molecule has 1 aliphatic carbocycles. The first-order chi connectivity index (χ1) is 8.09. The molecule has 1 aliphatic rings. The average Bonchev–Trinajstić information content (AvgIpc) is 2.77. The van der Waals surface area contributed by atoms with Crippen LogP contribution in [0.25, 0.3) is 5.52 Å². The summed E-state index contributed by atoms with van der Waals surface area (Å²) < 4.78 is 1.82. The molecule has 5 heteroatoms. The standard InChI is InChI=1S/C12H17N5/c1-12(2)9(13)7-10(12)16-11-8-3-4-15-17(8)6-5-14-11/h3-6,9-10H,7,13H2,1-2H3,(H,14,16). The molecular weight excluding hydrogens is 214 g/mol. The summed E-state index contributed by atoms with van der Waals surface area (Å²) in [6.45, 7) is 4.38. The molecule has 0 saturated heterocycles. The zero-order valence-corrected chi connectivity index (χ0v) is 10.1. The van der Waals surface area contributed by atoms with Crippen LogP contribution in [0.1, 0.15) is 20.3 Å². The van der Waals surface area contributed by atoms with E-state index in [-0.39, 0.29) is 11.5 Å². The summed E-state index contributed by atoms with van der Waals surface area (Å²) in [5.74, 6) is 0.884. The second-order valence-corrected chi connectivity index (χ2v) is 5.30. The van der Waals surface area contributed by atoms with E-state index in [0.717, 1.165) is 17.8 Å². The van der Waals surface area contributed by atoms with E-state index in [0.29, 0.717) is 6.04 Å². The number of rotatable bonds is 2. The predicted molar refractivity (Wildman–Crippen MR) is 66.8 cm³/mol. The molecule has 3 rings (SSSR count). The SMILES string of the molecule is CC1(C)C(N)CC1Nc1nccn2nccc12. The van der Waals surface area contributed by atoms with E-state index in [1.54, 1.807) is 12.4 Å². The highest BCUT2D eigenvalue weighted by atomic mass is 15.2. The summed E-state index contributed by atoms with van der Waals surface area (Å²) in [4.78, 5) is 4.38. The van der Waals surface area contributed by atoms with E-state index in [2.05, 4.69) is 29.2 Å². The molecule has 17 heavy (non-hydrogen) atoms. The maximum atomic E-state index is 6.01. The van der Waals surface area contributed by atoms with Gasteiger partial charge < -0.3 is 11.1 Å². The largest absolute Gasteiger partial charge is 0.365 e. The fourth-order valence-electron chi connectivity index (χ4n) is 2.34. The number of anilines is 1. The zero-order valence-electron chi connectivity index (χ0n) is 10.1. The molecule has 0 aliphatic heterocycles. The number of nitrogens with two attached hydrogens (primary N) is 1. The molecule has 5 nitrogen and oxygen atoms in total. The van der Waals surface area contributed by atoms with Gasteiger partial charge in [0.05, 0.1) is 6.20 Å². The zero-order chi connectivity index (χ0) is 12.0. The highest BCUT2D eigenvalue weighted by Gasteiger charge is 2.46. The first-order valence-electron chi connectivity index (χ1n) is 5.89. The number of nitrogens with zero attached hydrogens (tertiary/aromatic N) is 3. The monoisotopic (exact) mass is 231 g/mol. The van der Waals surface area contributed by atoms with Crippen LogP contribution in [0.2, 0.25) is 0 Å². The van der Waals surface area contributed by atoms with Crippen LogP contribution in [0.4, 0.5) is 5.82 Å². The lowest BCUT2D eigenvalue weighted by molar-refractivity contribution is 0.117. The Morgan fingerprint density at radius 1 is 1.47 bits per heavy atom. The van der Waals surface area contributed by atoms with Gasteiger partial charge in [-0.2, -0.15) is 5.10 Å². The van der Waals surface area contributed by atoms with E-state index < -0.39 is 0 Å². The normalized spacial score (nSPS) is 26.8. The number of fused-ring (bicyclic) bond motifs is 1. The van der Waals surface area contributed by atoms with Crippen LogP contribution in [-0.2, 0) is 0 Å². The summed E-state index contributed by atoms with van der Waals surface area (Å²) in [5, 5.41) is 7.67. The van der Waals surface area contributed by atoms with Crippen LogP contribution in [-0.4, -0.2) is 26.7 Å². The van der Waals surface area contributed by atoms with E-state index in [9.17, 15) is 0 Å². The van der Waals surface area contributed by atoms with E-state index in [1.807, 2.05) is 16.8 Å². The summed E-state index contributed by atoms with van der Waals surface area (Å²) in [6.07, 6.45) is 6.37. The number of nitrogens with one attached hydrogen (secondary N) is 1. The van der Waals surface area contributed by atoms with Gasteiger partial charge in [0.15, 0.2) is 5.82 Å². The van der Waals surface area contributed by atoms with Crippen molar-refractivity contribution in [1.29, 1.82) is 0 Å². The Morgan fingerprint density at radius 2 is 2.29 bits per heavy atom. The number of hydrogen-bond donors (Lipinski definition) is 2. The van der Waals surface area contributed by atoms with Crippen molar-refractivity contribution in [2.75, 3.05) is 5.32 Å². The third-order valence-electron chi connectivity index (χ3n) is 3.98. The van der Waals surface area contributed by atoms with Crippen molar-refractivity contribution in [3.05, 3.63) is 24.7 Å². The minimum absolute atomic E-state index is 0.120. The van der Waals surface area contributed by atoms with Crippen molar-refractivity contribution in [2.45, 2.75) is 32.4 Å². The quantitative estimate of drug-likeness (QED) is 0.816. The lowest BCUT2D eigenvalue weighted by Gasteiger charge is -2.50. The third-order valence-corrected chi connectivity index (χ3v) is 3.98. The Labute approximate surface area is 100 Å². The van der Waals surface area contributed by atoms with Gasteiger partial charge in [-0.15, -0.1) is 0 Å². The van der Waals surface area contributed by atoms with Gasteiger partial charge in [0.1, 0.15) is 5.52 Å². The maximum absolute atomic E-state index is 6.01. The molecule has 0 spiro atoms. The predicted octanol–water partition coefficient (Wildman–Crippen LogP) is 1.27. The average molecular weight is 231 g/mol. The molecule has 0 amide bonds. The van der Waals surface area contributed by atoms with Gasteiger partial charge in [0, 0.05) is 29.9 Å². The molecule has 2 heterocycles. The number of aromatic nitrogens is 3. The van der Waals surface area contributed by atoms with Crippen molar-refractivity contribution in [3.8, 4) is 0 Å². The first-order valence-corrected chi connectivity index (χ1v) is 5.89. The summed E-state index contributed by atoms with van der Waals surface area (Å²) in [7, 11) is 0. The fraction of sp³-hybridized carbons (Fsp3) is 0.500. The Hall–Kier alpha value is -1.62. The lowest BCUT2D eigenvalue weighted by Crippen LogP contribution is -2.61. The van der Waals surface area contributed by atoms with E-state index in [4.69, 9.17) is 5.73 Å². The van der Waals surface area contributed by atoms with Gasteiger partial charge >= 0.3 is 0 Å². The van der Waals surface area contributed by atoms with Gasteiger partial charge in [-0.3, -0.25) is 0 Å². The molecule has 90 valence electrons.